The van der Waals surface area contributed by atoms with Gasteiger partial charge < -0.3 is 14.5 Å². The Bertz CT molecular complexity index is 970. The minimum absolute atomic E-state index is 0.277. The van der Waals surface area contributed by atoms with E-state index >= 15 is 0 Å². The van der Waals surface area contributed by atoms with Crippen LogP contribution in [0.15, 0.2) is 54.6 Å². The van der Waals surface area contributed by atoms with Gasteiger partial charge in [0.15, 0.2) is 0 Å². The molecule has 0 radical (unpaired) electrons. The van der Waals surface area contributed by atoms with Gasteiger partial charge in [-0.2, -0.15) is 0 Å². The molecule has 0 spiro atoms. The number of rotatable bonds is 5. The number of ether oxygens (including phenoxy) is 2. The van der Waals surface area contributed by atoms with E-state index in [1.165, 1.54) is 5.56 Å². The van der Waals surface area contributed by atoms with Gasteiger partial charge in [-0.15, -0.1) is 0 Å². The number of H-pyrrole nitrogens is 1. The zero-order valence-electron chi connectivity index (χ0n) is 14.7. The van der Waals surface area contributed by atoms with Crippen LogP contribution in [0.3, 0.4) is 0 Å². The van der Waals surface area contributed by atoms with Crippen molar-refractivity contribution in [1.29, 1.82) is 0 Å². The topological polar surface area (TPSA) is 51.3 Å². The number of aryl methyl sites for hydroxylation is 1. The fourth-order valence-electron chi connectivity index (χ4n) is 3.45. The van der Waals surface area contributed by atoms with E-state index in [0.717, 1.165) is 46.3 Å². The molecular weight excluding hydrogens is 326 g/mol. The van der Waals surface area contributed by atoms with Gasteiger partial charge >= 0.3 is 5.97 Å². The Kier molecular flexibility index (Phi) is 4.48. The molecule has 0 saturated heterocycles. The van der Waals surface area contributed by atoms with Gasteiger partial charge in [-0.05, 0) is 54.7 Å². The van der Waals surface area contributed by atoms with Crippen molar-refractivity contribution in [3.8, 4) is 5.75 Å². The van der Waals surface area contributed by atoms with Gasteiger partial charge in [-0.1, -0.05) is 30.3 Å². The Morgan fingerprint density at radius 1 is 1.15 bits per heavy atom. The summed E-state index contributed by atoms with van der Waals surface area (Å²) >= 11 is 0. The number of allylic oxidation sites excluding steroid dienone is 1. The van der Waals surface area contributed by atoms with Crippen LogP contribution in [0.25, 0.3) is 16.5 Å². The third-order valence-corrected chi connectivity index (χ3v) is 4.67. The quantitative estimate of drug-likeness (QED) is 0.540. The summed E-state index contributed by atoms with van der Waals surface area (Å²) < 4.78 is 11.0. The maximum Gasteiger partial charge on any atom is 0.331 e. The summed E-state index contributed by atoms with van der Waals surface area (Å²) in [7, 11) is 0. The van der Waals surface area contributed by atoms with Crippen molar-refractivity contribution in [2.75, 3.05) is 6.61 Å². The van der Waals surface area contributed by atoms with Gasteiger partial charge in [-0.3, -0.25) is 0 Å². The number of hydrogen-bond acceptors (Lipinski definition) is 3. The first kappa shape index (κ1) is 16.5. The first-order valence-corrected chi connectivity index (χ1v) is 8.93. The lowest BCUT2D eigenvalue weighted by Crippen LogP contribution is -2.00. The fourth-order valence-corrected chi connectivity index (χ4v) is 3.45. The number of aromatic amines is 1. The smallest absolute Gasteiger partial charge is 0.331 e. The van der Waals surface area contributed by atoms with E-state index in [1.807, 2.05) is 37.3 Å². The van der Waals surface area contributed by atoms with Crippen LogP contribution in [0.4, 0.5) is 0 Å². The second-order valence-corrected chi connectivity index (χ2v) is 6.38. The van der Waals surface area contributed by atoms with Crippen LogP contribution in [0, 0.1) is 0 Å². The van der Waals surface area contributed by atoms with Gasteiger partial charge in [0.1, 0.15) is 12.4 Å². The zero-order valence-corrected chi connectivity index (χ0v) is 14.7. The van der Waals surface area contributed by atoms with Crippen LogP contribution < -0.4 is 4.74 Å². The van der Waals surface area contributed by atoms with Gasteiger partial charge in [0.2, 0.25) is 0 Å². The Labute approximate surface area is 152 Å². The van der Waals surface area contributed by atoms with Gasteiger partial charge in [-0.25, -0.2) is 4.79 Å². The molecule has 0 aliphatic heterocycles. The van der Waals surface area contributed by atoms with E-state index in [4.69, 9.17) is 9.47 Å². The standard InChI is InChI=1S/C22H21NO3/c1-2-25-21(24)12-16-8-10-18-19-13-17(9-11-20(19)23-22(16)18)26-14-15-6-4-3-5-7-15/h3-7,9,11-13,23H,2,8,10,14H2,1H3/b16-12-. The number of hydrogen-bond donors (Lipinski definition) is 1. The highest BCUT2D eigenvalue weighted by Crippen LogP contribution is 2.38. The molecule has 0 bridgehead atoms. The molecule has 2 aromatic carbocycles. The summed E-state index contributed by atoms with van der Waals surface area (Å²) in [5.74, 6) is 0.576. The summed E-state index contributed by atoms with van der Waals surface area (Å²) in [4.78, 5) is 15.2. The molecule has 0 unspecified atom stereocenters. The Morgan fingerprint density at radius 3 is 2.81 bits per heavy atom. The highest BCUT2D eigenvalue weighted by Gasteiger charge is 2.22. The van der Waals surface area contributed by atoms with Crippen molar-refractivity contribution < 1.29 is 14.3 Å². The van der Waals surface area contributed by atoms with Crippen molar-refractivity contribution in [3.05, 3.63) is 71.4 Å². The predicted octanol–water partition coefficient (Wildman–Crippen LogP) is 4.64. The van der Waals surface area contributed by atoms with E-state index in [9.17, 15) is 4.79 Å². The SMILES string of the molecule is CCOC(=O)/C=C1/CCc2c1[nH]c1ccc(OCc3ccccc3)cc21. The van der Waals surface area contributed by atoms with Gasteiger partial charge in [0, 0.05) is 22.7 Å². The molecule has 26 heavy (non-hydrogen) atoms. The first-order chi connectivity index (χ1) is 12.7. The van der Waals surface area contributed by atoms with E-state index in [0.29, 0.717) is 13.2 Å². The van der Waals surface area contributed by atoms with Crippen LogP contribution in [-0.2, 0) is 22.6 Å². The van der Waals surface area contributed by atoms with Crippen molar-refractivity contribution >= 4 is 22.4 Å². The minimum atomic E-state index is -0.277. The van der Waals surface area contributed by atoms with Crippen molar-refractivity contribution in [2.45, 2.75) is 26.4 Å². The van der Waals surface area contributed by atoms with Crippen LogP contribution in [-0.4, -0.2) is 17.6 Å². The monoisotopic (exact) mass is 347 g/mol. The highest BCUT2D eigenvalue weighted by molar-refractivity contribution is 5.97. The van der Waals surface area contributed by atoms with E-state index in [2.05, 4.69) is 23.2 Å². The number of aromatic nitrogens is 1. The zero-order chi connectivity index (χ0) is 17.9. The number of benzene rings is 2. The molecule has 1 aliphatic carbocycles. The van der Waals surface area contributed by atoms with Crippen LogP contribution in [0.1, 0.15) is 30.2 Å². The third kappa shape index (κ3) is 3.23. The Balaban J connectivity index is 1.59. The molecule has 1 aliphatic rings. The lowest BCUT2D eigenvalue weighted by molar-refractivity contribution is -0.137. The molecule has 3 aromatic rings. The molecule has 4 heteroatoms. The lowest BCUT2D eigenvalue weighted by Gasteiger charge is -2.06. The average molecular weight is 347 g/mol. The molecule has 1 N–H and O–H groups in total. The van der Waals surface area contributed by atoms with Crippen molar-refractivity contribution in [3.63, 3.8) is 0 Å². The number of nitrogens with one attached hydrogen (secondary N) is 1. The largest absolute Gasteiger partial charge is 0.489 e. The number of carbonyl (C=O) groups is 1. The second-order valence-electron chi connectivity index (χ2n) is 6.38. The molecule has 0 amide bonds. The molecule has 0 atom stereocenters. The summed E-state index contributed by atoms with van der Waals surface area (Å²) in [6, 6.07) is 16.2. The summed E-state index contributed by atoms with van der Waals surface area (Å²) in [6.07, 6.45) is 3.38. The van der Waals surface area contributed by atoms with Gasteiger partial charge in [0.05, 0.1) is 6.61 Å². The summed E-state index contributed by atoms with van der Waals surface area (Å²) in [5.41, 5.74) is 5.53. The van der Waals surface area contributed by atoms with Crippen molar-refractivity contribution in [1.82, 2.24) is 4.98 Å². The highest BCUT2D eigenvalue weighted by atomic mass is 16.5. The fraction of sp³-hybridized carbons (Fsp3) is 0.227. The first-order valence-electron chi connectivity index (χ1n) is 8.93. The average Bonchev–Trinajstić information content (AvgIpc) is 3.21. The maximum atomic E-state index is 11.8. The Hall–Kier alpha value is -3.01. The molecule has 132 valence electrons. The molecule has 0 saturated carbocycles. The summed E-state index contributed by atoms with van der Waals surface area (Å²) in [5, 5.41) is 1.16. The number of carbonyl (C=O) groups excluding carboxylic acids is 1. The van der Waals surface area contributed by atoms with Crippen molar-refractivity contribution in [2.24, 2.45) is 0 Å². The number of fused-ring (bicyclic) bond motifs is 3. The van der Waals surface area contributed by atoms with Gasteiger partial charge in [0.25, 0.3) is 0 Å². The molecular formula is C22H21NO3. The summed E-state index contributed by atoms with van der Waals surface area (Å²) in [6.45, 7) is 2.76. The maximum absolute atomic E-state index is 11.8. The van der Waals surface area contributed by atoms with E-state index in [1.54, 1.807) is 6.08 Å². The van der Waals surface area contributed by atoms with Crippen LogP contribution >= 0.6 is 0 Å². The van der Waals surface area contributed by atoms with E-state index < -0.39 is 0 Å². The number of esters is 1. The minimum Gasteiger partial charge on any atom is -0.489 e. The molecule has 1 heterocycles. The molecule has 4 nitrogen and oxygen atoms in total. The second kappa shape index (κ2) is 7.08. The Morgan fingerprint density at radius 2 is 2.00 bits per heavy atom. The molecule has 1 aromatic heterocycles. The lowest BCUT2D eigenvalue weighted by atomic mass is 10.1. The third-order valence-electron chi connectivity index (χ3n) is 4.67. The molecule has 4 rings (SSSR count). The van der Waals surface area contributed by atoms with E-state index in [-0.39, 0.29) is 5.97 Å². The predicted molar refractivity (Wildman–Crippen MR) is 102 cm³/mol. The molecule has 0 fully saturated rings. The normalized spacial score (nSPS) is 14.6. The van der Waals surface area contributed by atoms with Crippen LogP contribution in [0.2, 0.25) is 0 Å². The van der Waals surface area contributed by atoms with Crippen LogP contribution in [0.5, 0.6) is 5.75 Å².